The molecule has 0 unspecified atom stereocenters. The van der Waals surface area contributed by atoms with Crippen molar-refractivity contribution in [2.24, 2.45) is 0 Å². The SMILES string of the molecule is Cc1cc(C2(NC(=O)COc3ccc4c(c3)CCC(=O)N4)CC2)ccc1C(=O)O. The predicted molar refractivity (Wildman–Crippen MR) is 106 cm³/mol. The quantitative estimate of drug-likeness (QED) is 0.699. The summed E-state index contributed by atoms with van der Waals surface area (Å²) in [5, 5.41) is 15.0. The van der Waals surface area contributed by atoms with Crippen LogP contribution in [0.15, 0.2) is 36.4 Å². The van der Waals surface area contributed by atoms with Gasteiger partial charge in [-0.25, -0.2) is 4.79 Å². The number of carbonyl (C=O) groups excluding carboxylic acids is 2. The summed E-state index contributed by atoms with van der Waals surface area (Å²) in [7, 11) is 0. The molecule has 1 heterocycles. The Labute approximate surface area is 168 Å². The van der Waals surface area contributed by atoms with Gasteiger partial charge in [0.05, 0.1) is 11.1 Å². The van der Waals surface area contributed by atoms with E-state index in [1.165, 1.54) is 0 Å². The fourth-order valence-corrected chi connectivity index (χ4v) is 3.71. The number of aryl methyl sites for hydroxylation is 2. The van der Waals surface area contributed by atoms with Crippen molar-refractivity contribution < 1.29 is 24.2 Å². The minimum atomic E-state index is -0.957. The predicted octanol–water partition coefficient (Wildman–Crippen LogP) is 2.76. The third kappa shape index (κ3) is 3.94. The van der Waals surface area contributed by atoms with Gasteiger partial charge in [-0.15, -0.1) is 0 Å². The molecule has 0 aromatic heterocycles. The number of fused-ring (bicyclic) bond motifs is 1. The van der Waals surface area contributed by atoms with Crippen molar-refractivity contribution in [1.29, 1.82) is 0 Å². The van der Waals surface area contributed by atoms with Gasteiger partial charge in [0.1, 0.15) is 5.75 Å². The molecular weight excluding hydrogens is 372 g/mol. The van der Waals surface area contributed by atoms with Gasteiger partial charge in [-0.1, -0.05) is 12.1 Å². The number of hydrogen-bond acceptors (Lipinski definition) is 4. The Morgan fingerprint density at radius 2 is 1.97 bits per heavy atom. The summed E-state index contributed by atoms with van der Waals surface area (Å²) < 4.78 is 5.64. The lowest BCUT2D eigenvalue weighted by Gasteiger charge is -2.20. The van der Waals surface area contributed by atoms with Crippen molar-refractivity contribution in [3.8, 4) is 5.75 Å². The lowest BCUT2D eigenvalue weighted by Crippen LogP contribution is -2.38. The minimum absolute atomic E-state index is 0.00639. The first-order valence-electron chi connectivity index (χ1n) is 9.57. The number of hydrogen-bond donors (Lipinski definition) is 3. The number of benzene rings is 2. The second-order valence-corrected chi connectivity index (χ2v) is 7.62. The zero-order chi connectivity index (χ0) is 20.6. The van der Waals surface area contributed by atoms with Crippen molar-refractivity contribution in [3.05, 3.63) is 58.7 Å². The maximum absolute atomic E-state index is 12.4. The van der Waals surface area contributed by atoms with Gasteiger partial charge in [-0.2, -0.15) is 0 Å². The molecule has 7 nitrogen and oxygen atoms in total. The number of ether oxygens (including phenoxy) is 1. The zero-order valence-corrected chi connectivity index (χ0v) is 16.1. The third-order valence-electron chi connectivity index (χ3n) is 5.48. The fraction of sp³-hybridized carbons (Fsp3) is 0.318. The molecule has 2 amide bonds. The third-order valence-corrected chi connectivity index (χ3v) is 5.48. The van der Waals surface area contributed by atoms with Crippen LogP contribution in [0.4, 0.5) is 5.69 Å². The van der Waals surface area contributed by atoms with E-state index in [0.29, 0.717) is 24.2 Å². The van der Waals surface area contributed by atoms with E-state index in [2.05, 4.69) is 10.6 Å². The Morgan fingerprint density at radius 1 is 1.17 bits per heavy atom. The lowest BCUT2D eigenvalue weighted by atomic mass is 9.98. The second kappa shape index (κ2) is 7.24. The van der Waals surface area contributed by atoms with E-state index in [1.807, 2.05) is 12.1 Å². The van der Waals surface area contributed by atoms with Crippen LogP contribution in [-0.4, -0.2) is 29.5 Å². The summed E-state index contributed by atoms with van der Waals surface area (Å²) in [5.74, 6) is -0.595. The molecule has 0 saturated heterocycles. The molecule has 2 aromatic carbocycles. The number of carbonyl (C=O) groups is 3. The molecule has 0 atom stereocenters. The van der Waals surface area contributed by atoms with Gasteiger partial charge >= 0.3 is 5.97 Å². The van der Waals surface area contributed by atoms with Crippen molar-refractivity contribution in [2.75, 3.05) is 11.9 Å². The highest BCUT2D eigenvalue weighted by Crippen LogP contribution is 2.45. The number of nitrogens with one attached hydrogen (secondary N) is 2. The maximum atomic E-state index is 12.4. The molecule has 29 heavy (non-hydrogen) atoms. The molecule has 7 heteroatoms. The number of rotatable bonds is 6. The van der Waals surface area contributed by atoms with Gasteiger partial charge in [-0.3, -0.25) is 9.59 Å². The molecule has 3 N–H and O–H groups in total. The molecule has 0 spiro atoms. The zero-order valence-electron chi connectivity index (χ0n) is 16.1. The highest BCUT2D eigenvalue weighted by atomic mass is 16.5. The van der Waals surface area contributed by atoms with Crippen LogP contribution in [0.3, 0.4) is 0 Å². The van der Waals surface area contributed by atoms with Crippen LogP contribution in [-0.2, 0) is 21.5 Å². The molecule has 2 aliphatic rings. The van der Waals surface area contributed by atoms with Gasteiger partial charge in [0, 0.05) is 12.1 Å². The van der Waals surface area contributed by atoms with E-state index >= 15 is 0 Å². The highest BCUT2D eigenvalue weighted by Gasteiger charge is 2.45. The Morgan fingerprint density at radius 3 is 2.66 bits per heavy atom. The first kappa shape index (κ1) is 19.0. The minimum Gasteiger partial charge on any atom is -0.484 e. The van der Waals surface area contributed by atoms with Crippen LogP contribution < -0.4 is 15.4 Å². The number of amides is 2. The average Bonchev–Trinajstić information content (AvgIpc) is 3.46. The van der Waals surface area contributed by atoms with Crippen molar-refractivity contribution in [3.63, 3.8) is 0 Å². The number of carboxylic acids is 1. The van der Waals surface area contributed by atoms with E-state index in [9.17, 15) is 19.5 Å². The lowest BCUT2D eigenvalue weighted by molar-refractivity contribution is -0.124. The number of carboxylic acid groups (broad SMARTS) is 1. The van der Waals surface area contributed by atoms with Gasteiger partial charge in [0.2, 0.25) is 5.91 Å². The van der Waals surface area contributed by atoms with Crippen LogP contribution in [0.25, 0.3) is 0 Å². The topological polar surface area (TPSA) is 105 Å². The molecule has 2 aromatic rings. The van der Waals surface area contributed by atoms with Crippen LogP contribution in [0.1, 0.15) is 46.3 Å². The van der Waals surface area contributed by atoms with E-state index in [0.717, 1.165) is 29.7 Å². The van der Waals surface area contributed by atoms with E-state index < -0.39 is 11.5 Å². The fourth-order valence-electron chi connectivity index (χ4n) is 3.71. The second-order valence-electron chi connectivity index (χ2n) is 7.62. The van der Waals surface area contributed by atoms with Crippen LogP contribution >= 0.6 is 0 Å². The van der Waals surface area contributed by atoms with Crippen LogP contribution in [0, 0.1) is 6.92 Å². The van der Waals surface area contributed by atoms with E-state index in [4.69, 9.17) is 4.74 Å². The summed E-state index contributed by atoms with van der Waals surface area (Å²) in [6.45, 7) is 1.64. The first-order chi connectivity index (χ1) is 13.9. The Kier molecular flexibility index (Phi) is 4.74. The molecular formula is C22H22N2O5. The monoisotopic (exact) mass is 394 g/mol. The summed E-state index contributed by atoms with van der Waals surface area (Å²) in [6.07, 6.45) is 2.71. The number of anilines is 1. The standard InChI is InChI=1S/C22H22N2O5/c1-13-10-15(3-5-17(13)21(27)28)22(8-9-22)24-20(26)12-29-16-4-6-18-14(11-16)2-7-19(25)23-18/h3-6,10-11H,2,7-9,12H2,1H3,(H,23,25)(H,24,26)(H,27,28). The molecule has 1 fully saturated rings. The molecule has 0 radical (unpaired) electrons. The Bertz CT molecular complexity index is 1010. The summed E-state index contributed by atoms with van der Waals surface area (Å²) in [5.41, 5.74) is 3.20. The van der Waals surface area contributed by atoms with Gasteiger partial charge in [0.15, 0.2) is 6.61 Å². The Balaban J connectivity index is 1.38. The van der Waals surface area contributed by atoms with Gasteiger partial charge in [0.25, 0.3) is 5.91 Å². The Hall–Kier alpha value is -3.35. The molecule has 1 aliphatic heterocycles. The summed E-state index contributed by atoms with van der Waals surface area (Å²) in [4.78, 5) is 35.1. The summed E-state index contributed by atoms with van der Waals surface area (Å²) >= 11 is 0. The van der Waals surface area contributed by atoms with Crippen molar-refractivity contribution >= 4 is 23.5 Å². The first-order valence-corrected chi connectivity index (χ1v) is 9.57. The summed E-state index contributed by atoms with van der Waals surface area (Å²) in [6, 6.07) is 10.6. The van der Waals surface area contributed by atoms with Crippen LogP contribution in [0.5, 0.6) is 5.75 Å². The van der Waals surface area contributed by atoms with Gasteiger partial charge in [-0.05, 0) is 67.1 Å². The van der Waals surface area contributed by atoms with E-state index in [1.54, 1.807) is 31.2 Å². The van der Waals surface area contributed by atoms with Crippen molar-refractivity contribution in [1.82, 2.24) is 5.32 Å². The smallest absolute Gasteiger partial charge is 0.335 e. The van der Waals surface area contributed by atoms with E-state index in [-0.39, 0.29) is 24.0 Å². The van der Waals surface area contributed by atoms with Gasteiger partial charge < -0.3 is 20.5 Å². The molecule has 0 bridgehead atoms. The molecule has 1 saturated carbocycles. The van der Waals surface area contributed by atoms with Crippen LogP contribution in [0.2, 0.25) is 0 Å². The normalized spacial score (nSPS) is 16.4. The maximum Gasteiger partial charge on any atom is 0.335 e. The largest absolute Gasteiger partial charge is 0.484 e. The molecule has 150 valence electrons. The van der Waals surface area contributed by atoms with Crippen molar-refractivity contribution in [2.45, 2.75) is 38.1 Å². The molecule has 4 rings (SSSR count). The highest BCUT2D eigenvalue weighted by molar-refractivity contribution is 5.94. The average molecular weight is 394 g/mol. The number of aromatic carboxylic acids is 1. The molecule has 1 aliphatic carbocycles.